The van der Waals surface area contributed by atoms with Gasteiger partial charge in [-0.05, 0) is 24.9 Å². The number of likely N-dealkylation sites (tertiary alicyclic amines) is 1. The van der Waals surface area contributed by atoms with Crippen molar-refractivity contribution in [2.75, 3.05) is 19.6 Å². The predicted octanol–water partition coefficient (Wildman–Crippen LogP) is 3.88. The zero-order chi connectivity index (χ0) is 17.7. The zero-order valence-electron chi connectivity index (χ0n) is 14.9. The van der Waals surface area contributed by atoms with Gasteiger partial charge in [0.2, 0.25) is 0 Å². The maximum absolute atomic E-state index is 13.2. The molecule has 25 heavy (non-hydrogen) atoms. The third-order valence-corrected chi connectivity index (χ3v) is 5.30. The summed E-state index contributed by atoms with van der Waals surface area (Å²) in [5.74, 6) is -0.406. The molecule has 132 valence electrons. The molecule has 1 saturated heterocycles. The normalized spacial score (nSPS) is 24.2. The van der Waals surface area contributed by atoms with E-state index in [1.165, 1.54) is 0 Å². The molecule has 1 N–H and O–H groups in total. The number of nitrogens with zero attached hydrogens (tertiary/aromatic N) is 1. The molecule has 3 nitrogen and oxygen atoms in total. The molecule has 1 aliphatic rings. The molecule has 2 aromatic rings. The SMILES string of the molecule is CCCCN1CC[C@](O)(c2ccccc2)[C@H](C(=O)c2ccccc2)C1. The molecule has 0 aliphatic carbocycles. The van der Waals surface area contributed by atoms with E-state index in [-0.39, 0.29) is 5.78 Å². The van der Waals surface area contributed by atoms with Crippen molar-refractivity contribution in [1.29, 1.82) is 0 Å². The topological polar surface area (TPSA) is 40.5 Å². The lowest BCUT2D eigenvalue weighted by Crippen LogP contribution is -2.53. The van der Waals surface area contributed by atoms with Gasteiger partial charge in [0.1, 0.15) is 5.60 Å². The fourth-order valence-corrected chi connectivity index (χ4v) is 3.76. The fraction of sp³-hybridized carbons (Fsp3) is 0.409. The molecule has 3 heteroatoms. The summed E-state index contributed by atoms with van der Waals surface area (Å²) in [5.41, 5.74) is 0.426. The number of aliphatic hydroxyl groups is 1. The minimum atomic E-state index is -1.10. The molecule has 0 unspecified atom stereocenters. The van der Waals surface area contributed by atoms with E-state index in [2.05, 4.69) is 11.8 Å². The van der Waals surface area contributed by atoms with E-state index in [1.54, 1.807) is 0 Å². The first-order valence-corrected chi connectivity index (χ1v) is 9.24. The zero-order valence-corrected chi connectivity index (χ0v) is 14.9. The van der Waals surface area contributed by atoms with Crippen molar-refractivity contribution in [3.63, 3.8) is 0 Å². The van der Waals surface area contributed by atoms with Gasteiger partial charge in [0.15, 0.2) is 5.78 Å². The Morgan fingerprint density at radius 2 is 1.76 bits per heavy atom. The van der Waals surface area contributed by atoms with E-state index < -0.39 is 11.5 Å². The first-order valence-electron chi connectivity index (χ1n) is 9.24. The summed E-state index contributed by atoms with van der Waals surface area (Å²) in [5, 5.41) is 11.5. The van der Waals surface area contributed by atoms with Crippen LogP contribution in [0.25, 0.3) is 0 Å². The van der Waals surface area contributed by atoms with E-state index in [0.29, 0.717) is 18.5 Å². The van der Waals surface area contributed by atoms with Gasteiger partial charge >= 0.3 is 0 Å². The van der Waals surface area contributed by atoms with Gasteiger partial charge in [-0.1, -0.05) is 74.0 Å². The van der Waals surface area contributed by atoms with Crippen molar-refractivity contribution in [3.05, 3.63) is 71.8 Å². The van der Waals surface area contributed by atoms with Gasteiger partial charge in [0.25, 0.3) is 0 Å². The van der Waals surface area contributed by atoms with Gasteiger partial charge < -0.3 is 10.0 Å². The van der Waals surface area contributed by atoms with E-state index in [9.17, 15) is 9.90 Å². The molecule has 3 rings (SSSR count). The van der Waals surface area contributed by atoms with Crippen LogP contribution < -0.4 is 0 Å². The Labute approximate surface area is 150 Å². The highest BCUT2D eigenvalue weighted by molar-refractivity contribution is 5.98. The number of benzene rings is 2. The van der Waals surface area contributed by atoms with E-state index in [4.69, 9.17) is 0 Å². The Kier molecular flexibility index (Phi) is 5.67. The van der Waals surface area contributed by atoms with E-state index >= 15 is 0 Å². The molecule has 2 aromatic carbocycles. The van der Waals surface area contributed by atoms with Crippen LogP contribution in [-0.4, -0.2) is 35.4 Å². The molecule has 2 atom stereocenters. The van der Waals surface area contributed by atoms with Crippen LogP contribution in [0.15, 0.2) is 60.7 Å². The number of piperidine rings is 1. The molecule has 1 heterocycles. The summed E-state index contributed by atoms with van der Waals surface area (Å²) in [6, 6.07) is 19.0. The molecular weight excluding hydrogens is 310 g/mol. The van der Waals surface area contributed by atoms with Crippen molar-refractivity contribution in [1.82, 2.24) is 4.90 Å². The molecule has 0 radical (unpaired) electrons. The number of Topliss-reactive ketones (excluding diaryl/α,β-unsaturated/α-hetero) is 1. The van der Waals surface area contributed by atoms with Crippen LogP contribution in [0, 0.1) is 5.92 Å². The van der Waals surface area contributed by atoms with Crippen LogP contribution in [0.2, 0.25) is 0 Å². The lowest BCUT2D eigenvalue weighted by molar-refractivity contribution is -0.0642. The standard InChI is InChI=1S/C22H27NO2/c1-2-3-15-23-16-14-22(25,19-12-8-5-9-13-19)20(17-23)21(24)18-10-6-4-7-11-18/h4-13,20,25H,2-3,14-17H2,1H3/t20-,22-/m0/s1. The van der Waals surface area contributed by atoms with Gasteiger partial charge in [-0.3, -0.25) is 4.79 Å². The maximum atomic E-state index is 13.2. The Morgan fingerprint density at radius 3 is 2.40 bits per heavy atom. The summed E-state index contributed by atoms with van der Waals surface area (Å²) in [6.45, 7) is 4.60. The summed E-state index contributed by atoms with van der Waals surface area (Å²) in [6.07, 6.45) is 2.84. The third kappa shape index (κ3) is 3.83. The third-order valence-electron chi connectivity index (χ3n) is 5.30. The second kappa shape index (κ2) is 7.94. The molecule has 0 bridgehead atoms. The lowest BCUT2D eigenvalue weighted by Gasteiger charge is -2.44. The quantitative estimate of drug-likeness (QED) is 0.813. The minimum Gasteiger partial charge on any atom is -0.384 e. The first-order chi connectivity index (χ1) is 12.1. The Hall–Kier alpha value is -1.97. The maximum Gasteiger partial charge on any atom is 0.170 e. The molecule has 0 aromatic heterocycles. The number of carbonyl (C=O) groups excluding carboxylic acids is 1. The smallest absolute Gasteiger partial charge is 0.170 e. The van der Waals surface area contributed by atoms with Crippen molar-refractivity contribution in [3.8, 4) is 0 Å². The minimum absolute atomic E-state index is 0.0353. The Balaban J connectivity index is 1.92. The summed E-state index contributed by atoms with van der Waals surface area (Å²) >= 11 is 0. The van der Waals surface area contributed by atoms with Crippen LogP contribution in [0.4, 0.5) is 0 Å². The molecule has 0 amide bonds. The molecule has 0 spiro atoms. The number of hydrogen-bond acceptors (Lipinski definition) is 3. The highest BCUT2D eigenvalue weighted by Gasteiger charge is 2.46. The average molecular weight is 337 g/mol. The second-order valence-corrected chi connectivity index (χ2v) is 6.98. The molecule has 0 saturated carbocycles. The van der Waals surface area contributed by atoms with Crippen molar-refractivity contribution in [2.45, 2.75) is 31.8 Å². The van der Waals surface area contributed by atoms with Crippen LogP contribution in [0.1, 0.15) is 42.1 Å². The Morgan fingerprint density at radius 1 is 1.12 bits per heavy atom. The summed E-state index contributed by atoms with van der Waals surface area (Å²) < 4.78 is 0. The van der Waals surface area contributed by atoms with Gasteiger partial charge in [-0.15, -0.1) is 0 Å². The number of ketones is 1. The van der Waals surface area contributed by atoms with E-state index in [1.807, 2.05) is 60.7 Å². The number of hydrogen-bond donors (Lipinski definition) is 1. The highest BCUT2D eigenvalue weighted by Crippen LogP contribution is 2.39. The largest absolute Gasteiger partial charge is 0.384 e. The van der Waals surface area contributed by atoms with Crippen LogP contribution in [-0.2, 0) is 5.60 Å². The fourth-order valence-electron chi connectivity index (χ4n) is 3.76. The monoisotopic (exact) mass is 337 g/mol. The van der Waals surface area contributed by atoms with Crippen molar-refractivity contribution in [2.24, 2.45) is 5.92 Å². The molecular formula is C22H27NO2. The molecule has 1 aliphatic heterocycles. The van der Waals surface area contributed by atoms with E-state index in [0.717, 1.165) is 31.5 Å². The summed E-state index contributed by atoms with van der Waals surface area (Å²) in [4.78, 5) is 15.5. The predicted molar refractivity (Wildman–Crippen MR) is 101 cm³/mol. The molecule has 1 fully saturated rings. The number of unbranched alkanes of at least 4 members (excludes halogenated alkanes) is 1. The van der Waals surface area contributed by atoms with Crippen molar-refractivity contribution >= 4 is 5.78 Å². The first kappa shape index (κ1) is 17.8. The second-order valence-electron chi connectivity index (χ2n) is 6.98. The number of carbonyl (C=O) groups is 1. The Bertz CT molecular complexity index is 686. The van der Waals surface area contributed by atoms with Crippen LogP contribution >= 0.6 is 0 Å². The van der Waals surface area contributed by atoms with Gasteiger partial charge in [-0.25, -0.2) is 0 Å². The average Bonchev–Trinajstić information content (AvgIpc) is 2.68. The van der Waals surface area contributed by atoms with Gasteiger partial charge in [-0.2, -0.15) is 0 Å². The van der Waals surface area contributed by atoms with Gasteiger partial charge in [0.05, 0.1) is 5.92 Å². The van der Waals surface area contributed by atoms with Crippen LogP contribution in [0.5, 0.6) is 0 Å². The van der Waals surface area contributed by atoms with Crippen LogP contribution in [0.3, 0.4) is 0 Å². The number of rotatable bonds is 6. The van der Waals surface area contributed by atoms with Crippen molar-refractivity contribution < 1.29 is 9.90 Å². The van der Waals surface area contributed by atoms with Gasteiger partial charge in [0, 0.05) is 18.7 Å². The highest BCUT2D eigenvalue weighted by atomic mass is 16.3. The summed E-state index contributed by atoms with van der Waals surface area (Å²) in [7, 11) is 0. The lowest BCUT2D eigenvalue weighted by atomic mass is 9.72.